The second kappa shape index (κ2) is 9.11. The topological polar surface area (TPSA) is 75.7 Å². The summed E-state index contributed by atoms with van der Waals surface area (Å²) in [5.41, 5.74) is 0.379. The lowest BCUT2D eigenvalue weighted by Crippen LogP contribution is -2.58. The number of piperidine rings is 1. The first-order valence-corrected chi connectivity index (χ1v) is 12.0. The summed E-state index contributed by atoms with van der Waals surface area (Å²) in [5.74, 6) is -1.31. The minimum atomic E-state index is -4.21. The Labute approximate surface area is 184 Å². The molecule has 2 aromatic rings. The molecule has 4 rings (SSSR count). The molecule has 2 aliphatic heterocycles. The maximum Gasteiger partial charge on any atom is 0.241 e. The van der Waals surface area contributed by atoms with Crippen molar-refractivity contribution in [3.8, 4) is 16.9 Å². The van der Waals surface area contributed by atoms with Crippen LogP contribution >= 0.6 is 0 Å². The van der Waals surface area contributed by atoms with Crippen molar-refractivity contribution in [2.45, 2.75) is 37.8 Å². The SMILES string of the molecule is O=C1CCOc2ccccc2-c2cc(F)cc(c2F)C[C@H]2[C@@H](NS(=O)(=O)CF)CCCN12. The summed E-state index contributed by atoms with van der Waals surface area (Å²) in [6.45, 7) is 0.349. The highest BCUT2D eigenvalue weighted by Crippen LogP contribution is 2.35. The van der Waals surface area contributed by atoms with Gasteiger partial charge in [0, 0.05) is 23.7 Å². The summed E-state index contributed by atoms with van der Waals surface area (Å²) < 4.78 is 74.9. The Bertz CT molecular complexity index is 1130. The van der Waals surface area contributed by atoms with Gasteiger partial charge in [-0.05, 0) is 43.0 Å². The Kier molecular flexibility index (Phi) is 6.43. The fraction of sp³-hybridized carbons (Fsp3) is 0.409. The first-order valence-electron chi connectivity index (χ1n) is 10.3. The Morgan fingerprint density at radius 1 is 1.16 bits per heavy atom. The van der Waals surface area contributed by atoms with E-state index in [1.54, 1.807) is 24.3 Å². The number of fused-ring (bicyclic) bond motifs is 5. The molecule has 1 saturated heterocycles. The van der Waals surface area contributed by atoms with Gasteiger partial charge in [0.2, 0.25) is 21.9 Å². The number of halogens is 3. The summed E-state index contributed by atoms with van der Waals surface area (Å²) >= 11 is 0. The molecule has 0 aromatic heterocycles. The third kappa shape index (κ3) is 4.61. The highest BCUT2D eigenvalue weighted by atomic mass is 32.2. The number of nitrogens with zero attached hydrogens (tertiary/aromatic N) is 1. The predicted molar refractivity (Wildman–Crippen MR) is 112 cm³/mol. The summed E-state index contributed by atoms with van der Waals surface area (Å²) in [5, 5.41) is 0. The van der Waals surface area contributed by atoms with Gasteiger partial charge in [-0.2, -0.15) is 0 Å². The van der Waals surface area contributed by atoms with E-state index in [0.717, 1.165) is 12.1 Å². The maximum absolute atomic E-state index is 15.6. The number of hydrogen-bond donors (Lipinski definition) is 1. The van der Waals surface area contributed by atoms with Crippen molar-refractivity contribution in [2.75, 3.05) is 19.2 Å². The molecule has 2 bridgehead atoms. The van der Waals surface area contributed by atoms with E-state index >= 15 is 4.39 Å². The average molecular weight is 468 g/mol. The number of nitrogens with one attached hydrogen (secondary N) is 1. The molecular formula is C22H23F3N2O4S. The standard InChI is InChI=1S/C22H23F3N2O4S/c23-13-32(29,30)26-18-5-3-8-27-19(18)11-14-10-15(24)12-17(22(14)25)16-4-1-2-6-20(16)31-9-7-21(27)28/h1-2,4,6,10,12,18-19,26H,3,5,7-9,11,13H2/t18-,19-/m0/s1. The van der Waals surface area contributed by atoms with Gasteiger partial charge in [-0.25, -0.2) is 26.3 Å². The Morgan fingerprint density at radius 3 is 2.72 bits per heavy atom. The van der Waals surface area contributed by atoms with Crippen LogP contribution in [0.1, 0.15) is 24.8 Å². The van der Waals surface area contributed by atoms with Crippen LogP contribution in [0.5, 0.6) is 5.75 Å². The first kappa shape index (κ1) is 22.6. The maximum atomic E-state index is 15.6. The van der Waals surface area contributed by atoms with Crippen LogP contribution in [0, 0.1) is 11.6 Å². The van der Waals surface area contributed by atoms with Gasteiger partial charge in [-0.1, -0.05) is 18.2 Å². The summed E-state index contributed by atoms with van der Waals surface area (Å²) in [4.78, 5) is 14.4. The molecule has 2 aromatic carbocycles. The van der Waals surface area contributed by atoms with Crippen molar-refractivity contribution in [2.24, 2.45) is 0 Å². The van der Waals surface area contributed by atoms with E-state index in [9.17, 15) is 22.0 Å². The molecule has 0 spiro atoms. The molecule has 1 N–H and O–H groups in total. The smallest absolute Gasteiger partial charge is 0.241 e. The van der Waals surface area contributed by atoms with Crippen LogP contribution in [0.4, 0.5) is 13.2 Å². The Morgan fingerprint density at radius 2 is 1.94 bits per heavy atom. The number of carbonyl (C=O) groups is 1. The minimum Gasteiger partial charge on any atom is -0.492 e. The largest absolute Gasteiger partial charge is 0.492 e. The molecule has 0 saturated carbocycles. The molecule has 0 radical (unpaired) electrons. The van der Waals surface area contributed by atoms with Gasteiger partial charge in [-0.15, -0.1) is 0 Å². The number of hydrogen-bond acceptors (Lipinski definition) is 4. The van der Waals surface area contributed by atoms with E-state index in [-0.39, 0.29) is 36.5 Å². The van der Waals surface area contributed by atoms with Crippen molar-refractivity contribution in [3.05, 3.63) is 53.6 Å². The van der Waals surface area contributed by atoms with Crippen molar-refractivity contribution in [3.63, 3.8) is 0 Å². The zero-order valence-corrected chi connectivity index (χ0v) is 18.0. The summed E-state index contributed by atoms with van der Waals surface area (Å²) in [7, 11) is -4.21. The molecule has 172 valence electrons. The lowest BCUT2D eigenvalue weighted by molar-refractivity contribution is -0.136. The van der Waals surface area contributed by atoms with Gasteiger partial charge in [-0.3, -0.25) is 4.79 Å². The van der Waals surface area contributed by atoms with E-state index in [4.69, 9.17) is 4.74 Å². The number of carbonyl (C=O) groups excluding carboxylic acids is 1. The minimum absolute atomic E-state index is 0.00419. The quantitative estimate of drug-likeness (QED) is 0.751. The zero-order chi connectivity index (χ0) is 22.9. The van der Waals surface area contributed by atoms with Gasteiger partial charge in [0.15, 0.2) is 0 Å². The monoisotopic (exact) mass is 468 g/mol. The van der Waals surface area contributed by atoms with E-state index in [1.807, 2.05) is 0 Å². The molecule has 1 amide bonds. The highest BCUT2D eigenvalue weighted by Gasteiger charge is 2.37. The van der Waals surface area contributed by atoms with Crippen molar-refractivity contribution in [1.29, 1.82) is 0 Å². The number of alkyl halides is 1. The molecule has 0 aliphatic carbocycles. The zero-order valence-electron chi connectivity index (χ0n) is 17.2. The number of rotatable bonds is 3. The highest BCUT2D eigenvalue weighted by molar-refractivity contribution is 7.89. The van der Waals surface area contributed by atoms with Crippen LogP contribution in [-0.4, -0.2) is 50.5 Å². The first-order chi connectivity index (χ1) is 15.3. The fourth-order valence-corrected chi connectivity index (χ4v) is 5.24. The molecule has 6 nitrogen and oxygen atoms in total. The number of para-hydroxylation sites is 1. The molecule has 1 fully saturated rings. The Hall–Kier alpha value is -2.59. The van der Waals surface area contributed by atoms with Gasteiger partial charge in [0.1, 0.15) is 17.4 Å². The molecule has 32 heavy (non-hydrogen) atoms. The third-order valence-electron chi connectivity index (χ3n) is 5.87. The summed E-state index contributed by atoms with van der Waals surface area (Å²) in [6, 6.07) is 5.52. The van der Waals surface area contributed by atoms with Gasteiger partial charge >= 0.3 is 0 Å². The van der Waals surface area contributed by atoms with Crippen LogP contribution in [0.3, 0.4) is 0 Å². The predicted octanol–water partition coefficient (Wildman–Crippen LogP) is 3.16. The molecule has 2 heterocycles. The number of ether oxygens (including phenoxy) is 1. The van der Waals surface area contributed by atoms with Crippen LogP contribution in [0.2, 0.25) is 0 Å². The van der Waals surface area contributed by atoms with Crippen molar-refractivity contribution < 1.29 is 31.1 Å². The lowest BCUT2D eigenvalue weighted by Gasteiger charge is -2.42. The van der Waals surface area contributed by atoms with E-state index in [2.05, 4.69) is 4.72 Å². The van der Waals surface area contributed by atoms with Crippen LogP contribution < -0.4 is 9.46 Å². The second-order valence-corrected chi connectivity index (χ2v) is 9.65. The van der Waals surface area contributed by atoms with Crippen LogP contribution in [-0.2, 0) is 21.2 Å². The average Bonchev–Trinajstić information content (AvgIpc) is 2.76. The number of sulfonamides is 1. The van der Waals surface area contributed by atoms with Crippen molar-refractivity contribution >= 4 is 15.9 Å². The van der Waals surface area contributed by atoms with Gasteiger partial charge in [0.05, 0.1) is 19.1 Å². The molecule has 0 unspecified atom stereocenters. The van der Waals surface area contributed by atoms with Gasteiger partial charge < -0.3 is 9.64 Å². The molecule has 2 aliphatic rings. The van der Waals surface area contributed by atoms with Gasteiger partial charge in [0.25, 0.3) is 0 Å². The fourth-order valence-electron chi connectivity index (χ4n) is 4.44. The van der Waals surface area contributed by atoms with Crippen LogP contribution in [0.25, 0.3) is 11.1 Å². The van der Waals surface area contributed by atoms with E-state index in [0.29, 0.717) is 30.7 Å². The normalized spacial score (nSPS) is 21.6. The van der Waals surface area contributed by atoms with E-state index < -0.39 is 39.7 Å². The van der Waals surface area contributed by atoms with Crippen molar-refractivity contribution in [1.82, 2.24) is 9.62 Å². The third-order valence-corrected chi connectivity index (χ3v) is 6.82. The molecule has 10 heteroatoms. The van der Waals surface area contributed by atoms with Crippen LogP contribution in [0.15, 0.2) is 36.4 Å². The second-order valence-electron chi connectivity index (χ2n) is 7.97. The van der Waals surface area contributed by atoms with E-state index in [1.165, 1.54) is 4.90 Å². The lowest BCUT2D eigenvalue weighted by atomic mass is 9.89. The Balaban J connectivity index is 1.82. The number of benzene rings is 2. The number of amides is 1. The molecular weight excluding hydrogens is 445 g/mol. The molecule has 2 atom stereocenters. The summed E-state index contributed by atoms with van der Waals surface area (Å²) in [6.07, 6.45) is 0.738.